The van der Waals surface area contributed by atoms with Crippen molar-refractivity contribution in [2.45, 2.75) is 13.5 Å². The number of carbonyl (C=O) groups is 1. The molecule has 0 spiro atoms. The van der Waals surface area contributed by atoms with Gasteiger partial charge in [0.05, 0.1) is 5.56 Å². The molecule has 2 aromatic carbocycles. The highest BCUT2D eigenvalue weighted by Gasteiger charge is 2.09. The highest BCUT2D eigenvalue weighted by molar-refractivity contribution is 5.90. The van der Waals surface area contributed by atoms with E-state index in [1.54, 1.807) is 25.1 Å². The fraction of sp³-hybridized carbons (Fsp3) is 0.111. The number of benzene rings is 2. The van der Waals surface area contributed by atoms with E-state index >= 15 is 0 Å². The molecule has 0 saturated heterocycles. The Kier molecular flexibility index (Phi) is 4.01. The quantitative estimate of drug-likeness (QED) is 0.682. The van der Waals surface area contributed by atoms with E-state index in [-0.39, 0.29) is 12.6 Å². The van der Waals surface area contributed by atoms with Crippen LogP contribution < -0.4 is 0 Å². The van der Waals surface area contributed by atoms with Gasteiger partial charge >= 0.3 is 5.97 Å². The molecule has 110 valence electrons. The van der Waals surface area contributed by atoms with E-state index in [2.05, 4.69) is 5.16 Å². The molecule has 0 aliphatic carbocycles. The molecular weight excluding hydrogens is 278 g/mol. The number of ether oxygens (including phenoxy) is 1. The minimum Gasteiger partial charge on any atom is -0.455 e. The zero-order valence-corrected chi connectivity index (χ0v) is 12.2. The number of hydrogen-bond donors (Lipinski definition) is 0. The van der Waals surface area contributed by atoms with Gasteiger partial charge in [-0.1, -0.05) is 47.6 Å². The summed E-state index contributed by atoms with van der Waals surface area (Å²) < 4.78 is 10.1. The summed E-state index contributed by atoms with van der Waals surface area (Å²) in [7, 11) is 0. The standard InChI is InChI=1S/C18H15NO3/c1-13-11-17(19-22-13)12-21-18(20)16-9-7-15(8-10-16)14-5-3-2-4-6-14/h2-11H,12H2,1H3. The van der Waals surface area contributed by atoms with Crippen molar-refractivity contribution >= 4 is 5.97 Å². The van der Waals surface area contributed by atoms with Crippen LogP contribution >= 0.6 is 0 Å². The maximum atomic E-state index is 12.0. The fourth-order valence-corrected chi connectivity index (χ4v) is 2.14. The molecule has 0 atom stereocenters. The molecule has 0 amide bonds. The van der Waals surface area contributed by atoms with E-state index in [9.17, 15) is 4.79 Å². The molecule has 4 nitrogen and oxygen atoms in total. The normalized spacial score (nSPS) is 10.4. The summed E-state index contributed by atoms with van der Waals surface area (Å²) in [6.07, 6.45) is 0. The average Bonchev–Trinajstić information content (AvgIpc) is 2.99. The van der Waals surface area contributed by atoms with E-state index < -0.39 is 0 Å². The molecule has 1 aromatic heterocycles. The zero-order chi connectivity index (χ0) is 15.4. The van der Waals surface area contributed by atoms with Crippen LogP contribution in [-0.2, 0) is 11.3 Å². The van der Waals surface area contributed by atoms with Crippen molar-refractivity contribution in [1.82, 2.24) is 5.16 Å². The molecule has 3 aromatic rings. The van der Waals surface area contributed by atoms with Gasteiger partial charge in [0.25, 0.3) is 0 Å². The fourth-order valence-electron chi connectivity index (χ4n) is 2.14. The Balaban J connectivity index is 1.66. The van der Waals surface area contributed by atoms with Crippen LogP contribution in [0.15, 0.2) is 65.2 Å². The van der Waals surface area contributed by atoms with Crippen LogP contribution in [0.5, 0.6) is 0 Å². The van der Waals surface area contributed by atoms with Gasteiger partial charge in [0.2, 0.25) is 0 Å². The summed E-state index contributed by atoms with van der Waals surface area (Å²) in [5.74, 6) is 0.318. The maximum Gasteiger partial charge on any atom is 0.338 e. The van der Waals surface area contributed by atoms with Crippen molar-refractivity contribution < 1.29 is 14.1 Å². The first kappa shape index (κ1) is 14.1. The third kappa shape index (κ3) is 3.23. The lowest BCUT2D eigenvalue weighted by Gasteiger charge is -2.05. The molecule has 0 saturated carbocycles. The van der Waals surface area contributed by atoms with Crippen molar-refractivity contribution in [3.63, 3.8) is 0 Å². The second kappa shape index (κ2) is 6.26. The Morgan fingerprint density at radius 1 is 1.05 bits per heavy atom. The van der Waals surface area contributed by atoms with Crippen LogP contribution in [0.2, 0.25) is 0 Å². The Bertz CT molecular complexity index is 761. The van der Waals surface area contributed by atoms with E-state index in [0.29, 0.717) is 17.0 Å². The molecule has 3 rings (SSSR count). The number of hydrogen-bond acceptors (Lipinski definition) is 4. The van der Waals surface area contributed by atoms with Gasteiger partial charge in [-0.25, -0.2) is 4.79 Å². The molecule has 22 heavy (non-hydrogen) atoms. The average molecular weight is 293 g/mol. The third-order valence-corrected chi connectivity index (χ3v) is 3.26. The van der Waals surface area contributed by atoms with Crippen molar-refractivity contribution in [3.8, 4) is 11.1 Å². The highest BCUT2D eigenvalue weighted by atomic mass is 16.5. The monoisotopic (exact) mass is 293 g/mol. The van der Waals surface area contributed by atoms with Crippen LogP contribution in [0, 0.1) is 6.92 Å². The largest absolute Gasteiger partial charge is 0.455 e. The van der Waals surface area contributed by atoms with Crippen molar-refractivity contribution in [2.24, 2.45) is 0 Å². The van der Waals surface area contributed by atoms with Gasteiger partial charge in [-0.2, -0.15) is 0 Å². The molecule has 1 heterocycles. The number of aromatic nitrogens is 1. The minimum atomic E-state index is -0.375. The van der Waals surface area contributed by atoms with Gasteiger partial charge in [0.1, 0.15) is 18.1 Å². The van der Waals surface area contributed by atoms with Crippen LogP contribution in [-0.4, -0.2) is 11.1 Å². The second-order valence-electron chi connectivity index (χ2n) is 4.95. The summed E-state index contributed by atoms with van der Waals surface area (Å²) in [5.41, 5.74) is 3.29. The summed E-state index contributed by atoms with van der Waals surface area (Å²) in [6, 6.07) is 19.1. The van der Waals surface area contributed by atoms with E-state index in [1.165, 1.54) is 0 Å². The van der Waals surface area contributed by atoms with Crippen molar-refractivity contribution in [2.75, 3.05) is 0 Å². The number of rotatable bonds is 4. The van der Waals surface area contributed by atoms with E-state index in [0.717, 1.165) is 11.1 Å². The minimum absolute atomic E-state index is 0.108. The maximum absolute atomic E-state index is 12.0. The Labute approximate surface area is 128 Å². The van der Waals surface area contributed by atoms with Crippen LogP contribution in [0.4, 0.5) is 0 Å². The van der Waals surface area contributed by atoms with Gasteiger partial charge < -0.3 is 9.26 Å². The summed E-state index contributed by atoms with van der Waals surface area (Å²) in [5, 5.41) is 3.78. The van der Waals surface area contributed by atoms with Gasteiger partial charge in [0.15, 0.2) is 0 Å². The number of esters is 1. The third-order valence-electron chi connectivity index (χ3n) is 3.26. The molecule has 0 fully saturated rings. The molecule has 0 N–H and O–H groups in total. The van der Waals surface area contributed by atoms with Crippen LogP contribution in [0.25, 0.3) is 11.1 Å². The lowest BCUT2D eigenvalue weighted by molar-refractivity contribution is 0.0464. The molecule has 4 heteroatoms. The molecule has 0 unspecified atom stereocenters. The van der Waals surface area contributed by atoms with Gasteiger partial charge in [0, 0.05) is 6.07 Å². The van der Waals surface area contributed by atoms with Gasteiger partial charge in [-0.15, -0.1) is 0 Å². The summed E-state index contributed by atoms with van der Waals surface area (Å²) in [6.45, 7) is 1.90. The summed E-state index contributed by atoms with van der Waals surface area (Å²) in [4.78, 5) is 12.0. The smallest absolute Gasteiger partial charge is 0.338 e. The lowest BCUT2D eigenvalue weighted by atomic mass is 10.0. The molecular formula is C18H15NO3. The predicted octanol–water partition coefficient (Wildman–Crippen LogP) is 4.01. The SMILES string of the molecule is Cc1cc(COC(=O)c2ccc(-c3ccccc3)cc2)no1. The van der Waals surface area contributed by atoms with Crippen molar-refractivity contribution in [1.29, 1.82) is 0 Å². The lowest BCUT2D eigenvalue weighted by Crippen LogP contribution is -2.05. The zero-order valence-electron chi connectivity index (χ0n) is 12.2. The first-order valence-electron chi connectivity index (χ1n) is 6.97. The van der Waals surface area contributed by atoms with Gasteiger partial charge in [-0.05, 0) is 30.2 Å². The van der Waals surface area contributed by atoms with Crippen LogP contribution in [0.3, 0.4) is 0 Å². The number of aryl methyl sites for hydroxylation is 1. The molecule has 0 aliphatic rings. The highest BCUT2D eigenvalue weighted by Crippen LogP contribution is 2.19. The Hall–Kier alpha value is -2.88. The number of nitrogens with zero attached hydrogens (tertiary/aromatic N) is 1. The first-order chi connectivity index (χ1) is 10.7. The molecule has 0 aliphatic heterocycles. The van der Waals surface area contributed by atoms with E-state index in [4.69, 9.17) is 9.26 Å². The first-order valence-corrected chi connectivity index (χ1v) is 6.97. The van der Waals surface area contributed by atoms with Gasteiger partial charge in [-0.3, -0.25) is 0 Å². The van der Waals surface area contributed by atoms with Crippen molar-refractivity contribution in [3.05, 3.63) is 77.7 Å². The molecule has 0 bridgehead atoms. The van der Waals surface area contributed by atoms with E-state index in [1.807, 2.05) is 42.5 Å². The Morgan fingerprint density at radius 2 is 1.73 bits per heavy atom. The number of carbonyl (C=O) groups excluding carboxylic acids is 1. The topological polar surface area (TPSA) is 52.3 Å². The Morgan fingerprint density at radius 3 is 2.36 bits per heavy atom. The molecule has 0 radical (unpaired) electrons. The second-order valence-corrected chi connectivity index (χ2v) is 4.95. The predicted molar refractivity (Wildman–Crippen MR) is 82.2 cm³/mol. The van der Waals surface area contributed by atoms with Crippen LogP contribution in [0.1, 0.15) is 21.8 Å². The summed E-state index contributed by atoms with van der Waals surface area (Å²) >= 11 is 0.